The first-order chi connectivity index (χ1) is 19.0. The highest BCUT2D eigenvalue weighted by Gasteiger charge is 2.32. The van der Waals surface area contributed by atoms with Gasteiger partial charge in [-0.1, -0.05) is 56.2 Å². The number of ether oxygens (including phenoxy) is 1. The Balaban J connectivity index is 1.29. The van der Waals surface area contributed by atoms with E-state index in [2.05, 4.69) is 5.32 Å². The number of nitrogens with zero attached hydrogens (tertiary/aromatic N) is 2. The van der Waals surface area contributed by atoms with Crippen LogP contribution in [-0.4, -0.2) is 48.4 Å². The van der Waals surface area contributed by atoms with E-state index in [4.69, 9.17) is 4.74 Å². The SMILES string of the molecule is CC[C@H](C(=O)NC1CCCC1)N(Cc1ccc(OC)cc1)C(=O)CCCN1C(=O)c2cccc3cccc1c23. The molecule has 0 unspecified atom stereocenters. The van der Waals surface area contributed by atoms with Crippen LogP contribution in [0.25, 0.3) is 10.8 Å². The normalized spacial score (nSPS) is 15.5. The van der Waals surface area contributed by atoms with Gasteiger partial charge in [-0.25, -0.2) is 0 Å². The van der Waals surface area contributed by atoms with Crippen molar-refractivity contribution in [3.8, 4) is 5.75 Å². The zero-order chi connectivity index (χ0) is 27.4. The first-order valence-electron chi connectivity index (χ1n) is 14.1. The monoisotopic (exact) mass is 527 g/mol. The van der Waals surface area contributed by atoms with Crippen LogP contribution in [0.4, 0.5) is 5.69 Å². The largest absolute Gasteiger partial charge is 0.497 e. The van der Waals surface area contributed by atoms with Crippen LogP contribution in [0.1, 0.15) is 67.8 Å². The number of hydrogen-bond acceptors (Lipinski definition) is 4. The predicted octanol–water partition coefficient (Wildman–Crippen LogP) is 5.46. The average molecular weight is 528 g/mol. The first-order valence-corrected chi connectivity index (χ1v) is 14.1. The maximum Gasteiger partial charge on any atom is 0.258 e. The van der Waals surface area contributed by atoms with Gasteiger partial charge in [0.1, 0.15) is 11.8 Å². The maximum atomic E-state index is 13.7. The summed E-state index contributed by atoms with van der Waals surface area (Å²) in [4.78, 5) is 43.7. The van der Waals surface area contributed by atoms with Gasteiger partial charge in [-0.2, -0.15) is 0 Å². The third kappa shape index (κ3) is 5.63. The molecule has 1 saturated carbocycles. The van der Waals surface area contributed by atoms with E-state index >= 15 is 0 Å². The van der Waals surface area contributed by atoms with Crippen molar-refractivity contribution in [2.45, 2.75) is 70.5 Å². The van der Waals surface area contributed by atoms with Gasteiger partial charge in [0.05, 0.1) is 12.8 Å². The minimum atomic E-state index is -0.549. The number of nitrogens with one attached hydrogen (secondary N) is 1. The van der Waals surface area contributed by atoms with Gasteiger partial charge in [0.15, 0.2) is 0 Å². The van der Waals surface area contributed by atoms with Crippen LogP contribution >= 0.6 is 0 Å². The summed E-state index contributed by atoms with van der Waals surface area (Å²) in [6.45, 7) is 2.74. The molecular formula is C32H37N3O4. The quantitative estimate of drug-likeness (QED) is 0.359. The number of methoxy groups -OCH3 is 1. The summed E-state index contributed by atoms with van der Waals surface area (Å²) in [6, 6.07) is 19.0. The fourth-order valence-corrected chi connectivity index (χ4v) is 5.95. The molecule has 3 amide bonds. The molecule has 1 aliphatic carbocycles. The fraction of sp³-hybridized carbons (Fsp3) is 0.406. The van der Waals surface area contributed by atoms with Crippen molar-refractivity contribution in [2.24, 2.45) is 0 Å². The van der Waals surface area contributed by atoms with Gasteiger partial charge >= 0.3 is 0 Å². The summed E-state index contributed by atoms with van der Waals surface area (Å²) in [5.74, 6) is 0.561. The average Bonchev–Trinajstić information content (AvgIpc) is 3.56. The van der Waals surface area contributed by atoms with E-state index in [9.17, 15) is 14.4 Å². The molecule has 1 atom stereocenters. The zero-order valence-corrected chi connectivity index (χ0v) is 22.8. The number of rotatable bonds is 11. The molecule has 1 N–H and O–H groups in total. The van der Waals surface area contributed by atoms with Gasteiger partial charge in [-0.05, 0) is 60.9 Å². The smallest absolute Gasteiger partial charge is 0.258 e. The van der Waals surface area contributed by atoms with Crippen molar-refractivity contribution in [3.63, 3.8) is 0 Å². The highest BCUT2D eigenvalue weighted by molar-refractivity contribution is 6.25. The van der Waals surface area contributed by atoms with E-state index in [1.54, 1.807) is 16.9 Å². The van der Waals surface area contributed by atoms with E-state index in [1.165, 1.54) is 0 Å². The number of anilines is 1. The molecule has 1 fully saturated rings. The molecule has 2 aliphatic rings. The Morgan fingerprint density at radius 1 is 1.05 bits per heavy atom. The van der Waals surface area contributed by atoms with Crippen molar-refractivity contribution < 1.29 is 19.1 Å². The Hall–Kier alpha value is -3.87. The molecule has 0 saturated heterocycles. The number of amides is 3. The minimum absolute atomic E-state index is 0.0216. The van der Waals surface area contributed by atoms with Gasteiger partial charge < -0.3 is 19.9 Å². The lowest BCUT2D eigenvalue weighted by atomic mass is 10.1. The summed E-state index contributed by atoms with van der Waals surface area (Å²) < 4.78 is 5.28. The lowest BCUT2D eigenvalue weighted by molar-refractivity contribution is -0.141. The minimum Gasteiger partial charge on any atom is -0.497 e. The maximum absolute atomic E-state index is 13.7. The zero-order valence-electron chi connectivity index (χ0n) is 22.8. The number of hydrogen-bond donors (Lipinski definition) is 1. The number of carbonyl (C=O) groups excluding carboxylic acids is 3. The molecule has 3 aromatic rings. The summed E-state index contributed by atoms with van der Waals surface area (Å²) in [5, 5.41) is 5.21. The van der Waals surface area contributed by atoms with Crippen LogP contribution in [0.2, 0.25) is 0 Å². The third-order valence-corrected chi connectivity index (χ3v) is 8.02. The molecule has 7 nitrogen and oxygen atoms in total. The van der Waals surface area contributed by atoms with Crippen LogP contribution in [0.5, 0.6) is 5.75 Å². The topological polar surface area (TPSA) is 79.0 Å². The van der Waals surface area contributed by atoms with Crippen LogP contribution in [0, 0.1) is 0 Å². The molecule has 39 heavy (non-hydrogen) atoms. The van der Waals surface area contributed by atoms with E-state index in [0.717, 1.165) is 53.5 Å². The lowest BCUT2D eigenvalue weighted by Gasteiger charge is -2.32. The van der Waals surface area contributed by atoms with E-state index in [0.29, 0.717) is 31.5 Å². The fourth-order valence-electron chi connectivity index (χ4n) is 5.95. The molecule has 1 aliphatic heterocycles. The van der Waals surface area contributed by atoms with Gasteiger partial charge in [0, 0.05) is 36.5 Å². The molecule has 0 aromatic heterocycles. The molecule has 7 heteroatoms. The Labute approximate surface area is 230 Å². The molecule has 3 aromatic carbocycles. The standard InChI is InChI=1S/C32H37N3O4/c1-3-27(31(37)33-24-11-4-5-12-24)35(21-22-16-18-25(39-2)19-17-22)29(36)15-8-20-34-28-14-7-10-23-9-6-13-26(30(23)28)32(34)38/h6-7,9-10,13-14,16-19,24,27H,3-5,8,11-12,15,20-21H2,1-2H3,(H,33,37)/t27-/m1/s1. The summed E-state index contributed by atoms with van der Waals surface area (Å²) >= 11 is 0. The molecule has 204 valence electrons. The van der Waals surface area contributed by atoms with Crippen LogP contribution < -0.4 is 15.0 Å². The summed E-state index contributed by atoms with van der Waals surface area (Å²) in [5.41, 5.74) is 2.55. The van der Waals surface area contributed by atoms with Gasteiger partial charge in [-0.3, -0.25) is 14.4 Å². The predicted molar refractivity (Wildman–Crippen MR) is 153 cm³/mol. The Kier molecular flexibility index (Phi) is 8.15. The van der Waals surface area contributed by atoms with Crippen LogP contribution in [-0.2, 0) is 16.1 Å². The Morgan fingerprint density at radius 2 is 1.77 bits per heavy atom. The molecule has 1 heterocycles. The van der Waals surface area contributed by atoms with Crippen molar-refractivity contribution in [2.75, 3.05) is 18.6 Å². The second kappa shape index (κ2) is 11.9. The molecule has 0 spiro atoms. The van der Waals surface area contributed by atoms with Gasteiger partial charge in [-0.15, -0.1) is 0 Å². The first kappa shape index (κ1) is 26.7. The summed E-state index contributed by atoms with van der Waals surface area (Å²) in [7, 11) is 1.62. The van der Waals surface area contributed by atoms with Gasteiger partial charge in [0.25, 0.3) is 5.91 Å². The molecule has 0 radical (unpaired) electrons. The van der Waals surface area contributed by atoms with Crippen LogP contribution in [0.15, 0.2) is 60.7 Å². The Bertz CT molecular complexity index is 1340. The summed E-state index contributed by atoms with van der Waals surface area (Å²) in [6.07, 6.45) is 5.53. The van der Waals surface area contributed by atoms with Crippen molar-refractivity contribution in [1.82, 2.24) is 10.2 Å². The van der Waals surface area contributed by atoms with E-state index in [1.807, 2.05) is 67.6 Å². The lowest BCUT2D eigenvalue weighted by Crippen LogP contribution is -2.51. The Morgan fingerprint density at radius 3 is 2.46 bits per heavy atom. The molecule has 0 bridgehead atoms. The number of benzene rings is 3. The van der Waals surface area contributed by atoms with E-state index < -0.39 is 6.04 Å². The van der Waals surface area contributed by atoms with Crippen molar-refractivity contribution in [3.05, 3.63) is 71.8 Å². The molecule has 5 rings (SSSR count). The molecular weight excluding hydrogens is 490 g/mol. The van der Waals surface area contributed by atoms with Crippen LogP contribution in [0.3, 0.4) is 0 Å². The highest BCUT2D eigenvalue weighted by atomic mass is 16.5. The highest BCUT2D eigenvalue weighted by Crippen LogP contribution is 2.37. The van der Waals surface area contributed by atoms with Crippen molar-refractivity contribution in [1.29, 1.82) is 0 Å². The van der Waals surface area contributed by atoms with Crippen molar-refractivity contribution >= 4 is 34.2 Å². The second-order valence-corrected chi connectivity index (χ2v) is 10.5. The number of carbonyl (C=O) groups is 3. The van der Waals surface area contributed by atoms with Gasteiger partial charge in [0.2, 0.25) is 11.8 Å². The third-order valence-electron chi connectivity index (χ3n) is 8.02. The second-order valence-electron chi connectivity index (χ2n) is 10.5. The van der Waals surface area contributed by atoms with E-state index in [-0.39, 0.29) is 30.2 Å².